The van der Waals surface area contributed by atoms with E-state index in [4.69, 9.17) is 9.47 Å². The van der Waals surface area contributed by atoms with Crippen LogP contribution in [0.25, 0.3) is 10.4 Å². The smallest absolute Gasteiger partial charge is 0.349 e. The van der Waals surface area contributed by atoms with Gasteiger partial charge in [0.15, 0.2) is 6.10 Å². The third kappa shape index (κ3) is 3.41. The van der Waals surface area contributed by atoms with Crippen molar-refractivity contribution in [3.63, 3.8) is 0 Å². The van der Waals surface area contributed by atoms with Crippen molar-refractivity contribution in [2.75, 3.05) is 0 Å². The summed E-state index contributed by atoms with van der Waals surface area (Å²) in [6.45, 7) is 6.23. The lowest BCUT2D eigenvalue weighted by Crippen LogP contribution is -2.51. The van der Waals surface area contributed by atoms with E-state index in [1.807, 2.05) is 35.2 Å². The lowest BCUT2D eigenvalue weighted by atomic mass is 9.97. The molecule has 1 aromatic heterocycles. The second-order valence-electron chi connectivity index (χ2n) is 7.67. The van der Waals surface area contributed by atoms with Crippen LogP contribution in [0.3, 0.4) is 0 Å². The van der Waals surface area contributed by atoms with Gasteiger partial charge in [0, 0.05) is 28.1 Å². The molecule has 0 radical (unpaired) electrons. The number of amides is 1. The highest BCUT2D eigenvalue weighted by atomic mass is 32.1. The largest absolute Gasteiger partial charge is 0.488 e. The molecule has 0 aliphatic carbocycles. The lowest BCUT2D eigenvalue weighted by molar-refractivity contribution is -0.146. The summed E-state index contributed by atoms with van der Waals surface area (Å²) < 4.78 is 11.3. The first-order chi connectivity index (χ1) is 13.5. The maximum Gasteiger partial charge on any atom is 0.349 e. The zero-order valence-corrected chi connectivity index (χ0v) is 17.3. The second-order valence-corrected chi connectivity index (χ2v) is 8.72. The van der Waals surface area contributed by atoms with Crippen molar-refractivity contribution >= 4 is 23.2 Å². The highest BCUT2D eigenvalue weighted by Gasteiger charge is 2.34. The summed E-state index contributed by atoms with van der Waals surface area (Å²) in [4.78, 5) is 29.0. The molecule has 28 heavy (non-hydrogen) atoms. The number of ether oxygens (including phenoxy) is 2. The molecule has 2 aliphatic heterocycles. The number of piperidine rings is 1. The first kappa shape index (κ1) is 19.0. The maximum atomic E-state index is 12.9. The number of benzene rings is 1. The molecule has 2 aromatic rings. The number of thiophene rings is 1. The first-order valence-corrected chi connectivity index (χ1v) is 10.7. The fraction of sp³-hybridized carbons (Fsp3) is 0.455. The van der Waals surface area contributed by atoms with Gasteiger partial charge in [0.1, 0.15) is 17.2 Å². The van der Waals surface area contributed by atoms with E-state index in [0.717, 1.165) is 41.0 Å². The number of rotatable bonds is 3. The summed E-state index contributed by atoms with van der Waals surface area (Å²) in [6.07, 6.45) is 2.32. The van der Waals surface area contributed by atoms with Crippen LogP contribution in [0.4, 0.5) is 0 Å². The number of hydrogen-bond acceptors (Lipinski definition) is 5. The van der Waals surface area contributed by atoms with Gasteiger partial charge in [0.2, 0.25) is 0 Å². The van der Waals surface area contributed by atoms with Crippen LogP contribution in [0.5, 0.6) is 5.75 Å². The fourth-order valence-corrected chi connectivity index (χ4v) is 5.21. The van der Waals surface area contributed by atoms with Gasteiger partial charge in [-0.1, -0.05) is 12.1 Å². The summed E-state index contributed by atoms with van der Waals surface area (Å²) in [5.74, 6) is 0.270. The monoisotopic (exact) mass is 399 g/mol. The van der Waals surface area contributed by atoms with E-state index in [1.165, 1.54) is 11.3 Å². The van der Waals surface area contributed by atoms with Gasteiger partial charge < -0.3 is 14.4 Å². The van der Waals surface area contributed by atoms with Crippen molar-refractivity contribution in [2.45, 2.75) is 64.8 Å². The Hall–Kier alpha value is -2.34. The number of para-hydroxylation sites is 1. The molecular weight excluding hydrogens is 374 g/mol. The van der Waals surface area contributed by atoms with Crippen molar-refractivity contribution < 1.29 is 19.1 Å². The topological polar surface area (TPSA) is 55.8 Å². The molecule has 1 amide bonds. The van der Waals surface area contributed by atoms with E-state index in [-0.39, 0.29) is 18.0 Å². The molecule has 0 unspecified atom stereocenters. The van der Waals surface area contributed by atoms with Gasteiger partial charge in [-0.3, -0.25) is 4.79 Å². The molecule has 2 aliphatic rings. The van der Waals surface area contributed by atoms with Gasteiger partial charge in [-0.25, -0.2) is 4.79 Å². The van der Waals surface area contributed by atoms with Crippen molar-refractivity contribution in [1.82, 2.24) is 4.90 Å². The number of nitrogens with zero attached hydrogens (tertiary/aromatic N) is 1. The van der Waals surface area contributed by atoms with Crippen molar-refractivity contribution in [3.8, 4) is 16.2 Å². The van der Waals surface area contributed by atoms with Crippen molar-refractivity contribution in [3.05, 3.63) is 40.8 Å². The molecule has 148 valence electrons. The summed E-state index contributed by atoms with van der Waals surface area (Å²) in [5, 5.41) is 0. The molecule has 3 atom stereocenters. The summed E-state index contributed by atoms with van der Waals surface area (Å²) in [5.41, 5.74) is 1.97. The Morgan fingerprint density at radius 3 is 2.68 bits per heavy atom. The van der Waals surface area contributed by atoms with Crippen LogP contribution in [0.1, 0.15) is 55.3 Å². The van der Waals surface area contributed by atoms with Crippen LogP contribution >= 0.6 is 11.3 Å². The fourth-order valence-electron chi connectivity index (χ4n) is 4.13. The van der Waals surface area contributed by atoms with Crippen LogP contribution in [-0.2, 0) is 16.1 Å². The van der Waals surface area contributed by atoms with Gasteiger partial charge in [0.05, 0.1) is 0 Å². The maximum absolute atomic E-state index is 12.9. The quantitative estimate of drug-likeness (QED) is 0.706. The minimum Gasteiger partial charge on any atom is -0.488 e. The van der Waals surface area contributed by atoms with Gasteiger partial charge >= 0.3 is 5.97 Å². The lowest BCUT2D eigenvalue weighted by Gasteiger charge is -2.40. The average Bonchev–Trinajstić information content (AvgIpc) is 3.12. The predicted molar refractivity (Wildman–Crippen MR) is 109 cm³/mol. The van der Waals surface area contributed by atoms with Crippen molar-refractivity contribution in [2.24, 2.45) is 0 Å². The molecule has 5 nitrogen and oxygen atoms in total. The molecule has 0 saturated carbocycles. The Morgan fingerprint density at radius 2 is 1.93 bits per heavy atom. The van der Waals surface area contributed by atoms with Gasteiger partial charge in [-0.05, 0) is 58.2 Å². The predicted octanol–water partition coefficient (Wildman–Crippen LogP) is 4.64. The molecule has 1 fully saturated rings. The first-order valence-electron chi connectivity index (χ1n) is 9.83. The highest BCUT2D eigenvalue weighted by molar-refractivity contribution is 7.17. The minimum absolute atomic E-state index is 0.108. The number of hydrogen-bond donors (Lipinski definition) is 0. The van der Waals surface area contributed by atoms with Crippen LogP contribution in [0.15, 0.2) is 30.3 Å². The standard InChI is InChI=1S/C22H25NO4S/c1-13-7-6-8-14(2)23(13)21(24)15(3)27-22(25)19-11-16-12-26-18-10-5-4-9-17(18)20(16)28-19/h4-5,9-11,13-15H,6-8,12H2,1-3H3/t13-,14-,15-/m1/s1. The van der Waals surface area contributed by atoms with E-state index in [2.05, 4.69) is 13.8 Å². The van der Waals surface area contributed by atoms with E-state index in [1.54, 1.807) is 6.92 Å². The van der Waals surface area contributed by atoms with E-state index >= 15 is 0 Å². The van der Waals surface area contributed by atoms with E-state index < -0.39 is 12.1 Å². The second kappa shape index (κ2) is 7.59. The van der Waals surface area contributed by atoms with Crippen LogP contribution in [0, 0.1) is 0 Å². The zero-order valence-electron chi connectivity index (χ0n) is 16.4. The number of esters is 1. The Balaban J connectivity index is 1.49. The Labute approximate surface area is 169 Å². The molecule has 3 heterocycles. The Morgan fingerprint density at radius 1 is 1.21 bits per heavy atom. The molecule has 1 aromatic carbocycles. The third-order valence-electron chi connectivity index (χ3n) is 5.60. The van der Waals surface area contributed by atoms with Gasteiger partial charge in [-0.15, -0.1) is 11.3 Å². The Kier molecular flexibility index (Phi) is 5.15. The minimum atomic E-state index is -0.793. The summed E-state index contributed by atoms with van der Waals surface area (Å²) in [7, 11) is 0. The highest BCUT2D eigenvalue weighted by Crippen LogP contribution is 2.42. The summed E-state index contributed by atoms with van der Waals surface area (Å²) in [6, 6.07) is 9.99. The van der Waals surface area contributed by atoms with Crippen LogP contribution in [-0.4, -0.2) is 35.0 Å². The zero-order chi connectivity index (χ0) is 19.8. The number of carbonyl (C=O) groups excluding carboxylic acids is 2. The van der Waals surface area contributed by atoms with Crippen LogP contribution < -0.4 is 4.74 Å². The van der Waals surface area contributed by atoms with E-state index in [9.17, 15) is 9.59 Å². The molecule has 4 rings (SSSR count). The molecular formula is C22H25NO4S. The molecule has 0 N–H and O–H groups in total. The van der Waals surface area contributed by atoms with Gasteiger partial charge in [0.25, 0.3) is 5.91 Å². The number of fused-ring (bicyclic) bond motifs is 3. The third-order valence-corrected chi connectivity index (χ3v) is 6.80. The molecule has 0 bridgehead atoms. The van der Waals surface area contributed by atoms with Crippen LogP contribution in [0.2, 0.25) is 0 Å². The average molecular weight is 400 g/mol. The van der Waals surface area contributed by atoms with E-state index in [0.29, 0.717) is 11.5 Å². The normalized spacial score (nSPS) is 21.9. The number of likely N-dealkylation sites (tertiary alicyclic amines) is 1. The van der Waals surface area contributed by atoms with Gasteiger partial charge in [-0.2, -0.15) is 0 Å². The summed E-state index contributed by atoms with van der Waals surface area (Å²) >= 11 is 1.40. The number of carbonyl (C=O) groups is 2. The Bertz CT molecular complexity index is 896. The molecule has 6 heteroatoms. The molecule has 1 saturated heterocycles. The van der Waals surface area contributed by atoms with Crippen molar-refractivity contribution in [1.29, 1.82) is 0 Å². The molecule has 0 spiro atoms. The SMILES string of the molecule is C[C@@H]1CCC[C@@H](C)N1C(=O)[C@@H](C)OC(=O)c1cc2c(s1)-c1ccccc1OC2.